The molecule has 60 valence electrons. The van der Waals surface area contributed by atoms with Gasteiger partial charge in [-0.1, -0.05) is 12.2 Å². The van der Waals surface area contributed by atoms with Crippen molar-refractivity contribution >= 4 is 0 Å². The van der Waals surface area contributed by atoms with E-state index in [1.807, 2.05) is 19.1 Å². The fraction of sp³-hybridized carbons (Fsp3) is 0.333. The molecule has 0 amide bonds. The van der Waals surface area contributed by atoms with Crippen LogP contribution in [0.1, 0.15) is 13.3 Å². The minimum absolute atomic E-state index is 0.0618. The molecule has 0 bridgehead atoms. The Morgan fingerprint density at radius 2 is 2.36 bits per heavy atom. The van der Waals surface area contributed by atoms with Gasteiger partial charge in [0.2, 0.25) is 0 Å². The number of hydrogen-bond donors (Lipinski definition) is 2. The van der Waals surface area contributed by atoms with E-state index < -0.39 is 0 Å². The third-order valence-electron chi connectivity index (χ3n) is 1.75. The topological polar surface area (TPSA) is 52.0 Å². The van der Waals surface area contributed by atoms with Crippen molar-refractivity contribution in [1.82, 2.24) is 0 Å². The summed E-state index contributed by atoms with van der Waals surface area (Å²) in [5, 5.41) is 0. The first-order chi connectivity index (χ1) is 5.09. The van der Waals surface area contributed by atoms with Gasteiger partial charge < -0.3 is 11.5 Å². The van der Waals surface area contributed by atoms with Crippen molar-refractivity contribution in [1.29, 1.82) is 0 Å². The van der Waals surface area contributed by atoms with E-state index in [-0.39, 0.29) is 6.04 Å². The van der Waals surface area contributed by atoms with Crippen LogP contribution in [0.15, 0.2) is 35.6 Å². The monoisotopic (exact) mass is 150 g/mol. The molecule has 0 spiro atoms. The molecule has 1 rings (SSSR count). The predicted octanol–water partition coefficient (Wildman–Crippen LogP) is 1.06. The molecule has 0 saturated heterocycles. The van der Waals surface area contributed by atoms with Gasteiger partial charge in [-0.15, -0.1) is 0 Å². The quantitative estimate of drug-likeness (QED) is 0.587. The van der Waals surface area contributed by atoms with Crippen molar-refractivity contribution in [2.75, 3.05) is 0 Å². The fourth-order valence-electron chi connectivity index (χ4n) is 1.17. The van der Waals surface area contributed by atoms with Crippen LogP contribution >= 0.6 is 0 Å². The zero-order chi connectivity index (χ0) is 8.43. The molecule has 0 heterocycles. The lowest BCUT2D eigenvalue weighted by Gasteiger charge is -2.16. The summed E-state index contributed by atoms with van der Waals surface area (Å²) >= 11 is 0. The molecule has 1 aliphatic rings. The Morgan fingerprint density at radius 3 is 2.82 bits per heavy atom. The molecule has 0 aromatic carbocycles. The summed E-state index contributed by atoms with van der Waals surface area (Å²) in [7, 11) is 0. The Morgan fingerprint density at radius 1 is 1.73 bits per heavy atom. The Labute approximate surface area is 67.3 Å². The first-order valence-electron chi connectivity index (χ1n) is 3.69. The Bertz CT molecular complexity index is 236. The lowest BCUT2D eigenvalue weighted by atomic mass is 9.95. The molecular weight excluding hydrogens is 136 g/mol. The molecule has 0 fully saturated rings. The highest BCUT2D eigenvalue weighted by atomic mass is 14.7. The summed E-state index contributed by atoms with van der Waals surface area (Å²) in [4.78, 5) is 0. The zero-order valence-corrected chi connectivity index (χ0v) is 6.80. The van der Waals surface area contributed by atoms with Crippen molar-refractivity contribution in [2.45, 2.75) is 19.4 Å². The van der Waals surface area contributed by atoms with Crippen molar-refractivity contribution in [2.24, 2.45) is 11.5 Å². The summed E-state index contributed by atoms with van der Waals surface area (Å²) in [6.45, 7) is 5.81. The maximum atomic E-state index is 5.72. The molecule has 1 aliphatic carbocycles. The Hall–Kier alpha value is -1.02. The second-order valence-corrected chi connectivity index (χ2v) is 2.98. The van der Waals surface area contributed by atoms with E-state index in [4.69, 9.17) is 11.5 Å². The van der Waals surface area contributed by atoms with Gasteiger partial charge >= 0.3 is 0 Å². The van der Waals surface area contributed by atoms with Crippen molar-refractivity contribution in [3.63, 3.8) is 0 Å². The predicted molar refractivity (Wildman–Crippen MR) is 47.8 cm³/mol. The van der Waals surface area contributed by atoms with Gasteiger partial charge in [0, 0.05) is 11.7 Å². The summed E-state index contributed by atoms with van der Waals surface area (Å²) in [5.41, 5.74) is 14.3. The van der Waals surface area contributed by atoms with Crippen LogP contribution in [0.3, 0.4) is 0 Å². The molecule has 0 aliphatic heterocycles. The molecule has 1 atom stereocenters. The molecule has 4 N–H and O–H groups in total. The summed E-state index contributed by atoms with van der Waals surface area (Å²) in [6.07, 6.45) is 4.66. The Balaban J connectivity index is 2.84. The second kappa shape index (κ2) is 2.93. The van der Waals surface area contributed by atoms with Crippen LogP contribution in [0.5, 0.6) is 0 Å². The maximum Gasteiger partial charge on any atom is 0.0292 e. The van der Waals surface area contributed by atoms with Gasteiger partial charge in [-0.2, -0.15) is 0 Å². The normalized spacial score (nSPS) is 24.0. The standard InChI is InChI=1S/C9H14N2/c1-6(2)7-3-8(10)5-9(11)4-7/h3,5,9H,1,4,10-11H2,2H3/t9-/m0/s1. The van der Waals surface area contributed by atoms with Crippen LogP contribution in [0.25, 0.3) is 0 Å². The van der Waals surface area contributed by atoms with Crippen LogP contribution in [0.2, 0.25) is 0 Å². The second-order valence-electron chi connectivity index (χ2n) is 2.98. The lowest BCUT2D eigenvalue weighted by molar-refractivity contribution is 0.785. The number of nitrogens with two attached hydrogens (primary N) is 2. The lowest BCUT2D eigenvalue weighted by Crippen LogP contribution is -2.22. The SMILES string of the molecule is C=C(C)C1=CC(N)=C[C@@H](N)C1. The highest BCUT2D eigenvalue weighted by Crippen LogP contribution is 2.19. The average molecular weight is 150 g/mol. The largest absolute Gasteiger partial charge is 0.399 e. The third-order valence-corrected chi connectivity index (χ3v) is 1.75. The smallest absolute Gasteiger partial charge is 0.0292 e. The molecule has 2 nitrogen and oxygen atoms in total. The van der Waals surface area contributed by atoms with E-state index in [1.54, 1.807) is 0 Å². The number of allylic oxidation sites excluding steroid dienone is 2. The molecule has 0 radical (unpaired) electrons. The van der Waals surface area contributed by atoms with Gasteiger partial charge in [0.25, 0.3) is 0 Å². The van der Waals surface area contributed by atoms with E-state index in [2.05, 4.69) is 6.58 Å². The van der Waals surface area contributed by atoms with E-state index in [0.29, 0.717) is 0 Å². The van der Waals surface area contributed by atoms with Crippen molar-refractivity contribution in [3.05, 3.63) is 35.6 Å². The molecular formula is C9H14N2. The summed E-state index contributed by atoms with van der Waals surface area (Å²) in [6, 6.07) is 0.0618. The van der Waals surface area contributed by atoms with Gasteiger partial charge in [-0.05, 0) is 31.1 Å². The summed E-state index contributed by atoms with van der Waals surface area (Å²) < 4.78 is 0. The van der Waals surface area contributed by atoms with E-state index in [0.717, 1.165) is 23.3 Å². The highest BCUT2D eigenvalue weighted by Gasteiger charge is 2.09. The van der Waals surface area contributed by atoms with Crippen LogP contribution in [0.4, 0.5) is 0 Å². The van der Waals surface area contributed by atoms with Crippen LogP contribution < -0.4 is 11.5 Å². The first kappa shape index (κ1) is 8.08. The van der Waals surface area contributed by atoms with Gasteiger partial charge in [-0.3, -0.25) is 0 Å². The molecule has 0 aromatic heterocycles. The van der Waals surface area contributed by atoms with Crippen molar-refractivity contribution < 1.29 is 0 Å². The number of hydrogen-bond acceptors (Lipinski definition) is 2. The zero-order valence-electron chi connectivity index (χ0n) is 6.80. The van der Waals surface area contributed by atoms with Gasteiger partial charge in [0.15, 0.2) is 0 Å². The highest BCUT2D eigenvalue weighted by molar-refractivity contribution is 5.38. The van der Waals surface area contributed by atoms with Crippen molar-refractivity contribution in [3.8, 4) is 0 Å². The molecule has 11 heavy (non-hydrogen) atoms. The fourth-order valence-corrected chi connectivity index (χ4v) is 1.17. The third kappa shape index (κ3) is 1.95. The Kier molecular flexibility index (Phi) is 2.15. The minimum Gasteiger partial charge on any atom is -0.399 e. The van der Waals surface area contributed by atoms with Crippen LogP contribution in [-0.4, -0.2) is 6.04 Å². The van der Waals surface area contributed by atoms with Gasteiger partial charge in [0.05, 0.1) is 0 Å². The molecule has 2 heteroatoms. The van der Waals surface area contributed by atoms with E-state index >= 15 is 0 Å². The van der Waals surface area contributed by atoms with E-state index in [9.17, 15) is 0 Å². The minimum atomic E-state index is 0.0618. The average Bonchev–Trinajstić information content (AvgIpc) is 1.85. The number of rotatable bonds is 1. The van der Waals surface area contributed by atoms with Gasteiger partial charge in [0.1, 0.15) is 0 Å². The maximum absolute atomic E-state index is 5.72. The van der Waals surface area contributed by atoms with Crippen LogP contribution in [-0.2, 0) is 0 Å². The van der Waals surface area contributed by atoms with Crippen LogP contribution in [0, 0.1) is 0 Å². The molecule has 0 saturated carbocycles. The molecule has 0 unspecified atom stereocenters. The van der Waals surface area contributed by atoms with Gasteiger partial charge in [-0.25, -0.2) is 0 Å². The summed E-state index contributed by atoms with van der Waals surface area (Å²) in [5.74, 6) is 0. The van der Waals surface area contributed by atoms with E-state index in [1.165, 1.54) is 0 Å². The molecule has 0 aromatic rings. The first-order valence-corrected chi connectivity index (χ1v) is 3.69.